The third kappa shape index (κ3) is 6.83. The Balaban J connectivity index is 0.00000306. The van der Waals surface area contributed by atoms with Crippen molar-refractivity contribution >= 4 is 29.9 Å². The van der Waals surface area contributed by atoms with Crippen LogP contribution in [0.4, 0.5) is 0 Å². The van der Waals surface area contributed by atoms with Gasteiger partial charge in [0.1, 0.15) is 25.4 Å². The fourth-order valence-electron chi connectivity index (χ4n) is 3.62. The first-order valence-electron chi connectivity index (χ1n) is 11.0. The standard InChI is InChI=1S/C24H30N6O2.HI/c1-3-23-28-27-18-30(23)12-11-25-24(26-16-19-7-5-4-6-8-19)29(2)17-20-9-10-21-22(15-20)32-14-13-31-21;/h4-10,15,18H,3,11-14,16-17H2,1-2H3,(H,25,26);1H. The first-order valence-corrected chi connectivity index (χ1v) is 11.0. The fourth-order valence-corrected chi connectivity index (χ4v) is 3.62. The molecule has 176 valence electrons. The van der Waals surface area contributed by atoms with Gasteiger partial charge in [0.25, 0.3) is 0 Å². The van der Waals surface area contributed by atoms with Gasteiger partial charge < -0.3 is 24.3 Å². The molecule has 33 heavy (non-hydrogen) atoms. The average molecular weight is 562 g/mol. The van der Waals surface area contributed by atoms with Crippen molar-refractivity contribution in [3.63, 3.8) is 0 Å². The minimum Gasteiger partial charge on any atom is -0.486 e. The van der Waals surface area contributed by atoms with Crippen LogP contribution in [0.15, 0.2) is 59.9 Å². The Morgan fingerprint density at radius 1 is 1.09 bits per heavy atom. The summed E-state index contributed by atoms with van der Waals surface area (Å²) in [6.45, 7) is 6.08. The molecule has 2 heterocycles. The van der Waals surface area contributed by atoms with Gasteiger partial charge in [0.15, 0.2) is 17.5 Å². The quantitative estimate of drug-likeness (QED) is 0.258. The SMILES string of the molecule is CCc1nncn1CCNC(=NCc1ccccc1)N(C)Cc1ccc2c(c1)OCCO2.I. The van der Waals surface area contributed by atoms with E-state index in [2.05, 4.69) is 50.1 Å². The summed E-state index contributed by atoms with van der Waals surface area (Å²) in [6.07, 6.45) is 2.64. The minimum absolute atomic E-state index is 0. The lowest BCUT2D eigenvalue weighted by Crippen LogP contribution is -2.40. The van der Waals surface area contributed by atoms with E-state index in [1.165, 1.54) is 5.56 Å². The van der Waals surface area contributed by atoms with Crippen LogP contribution in [0, 0.1) is 0 Å². The number of guanidine groups is 1. The van der Waals surface area contributed by atoms with Crippen LogP contribution in [0.3, 0.4) is 0 Å². The van der Waals surface area contributed by atoms with Crippen molar-refractivity contribution in [1.82, 2.24) is 25.0 Å². The topological polar surface area (TPSA) is 76.8 Å². The molecule has 0 spiro atoms. The molecule has 1 N–H and O–H groups in total. The van der Waals surface area contributed by atoms with E-state index >= 15 is 0 Å². The molecule has 3 aromatic rings. The Morgan fingerprint density at radius 3 is 2.67 bits per heavy atom. The number of aromatic nitrogens is 3. The van der Waals surface area contributed by atoms with Gasteiger partial charge in [0, 0.05) is 33.1 Å². The number of hydrogen-bond donors (Lipinski definition) is 1. The van der Waals surface area contributed by atoms with Gasteiger partial charge in [-0.1, -0.05) is 43.3 Å². The van der Waals surface area contributed by atoms with Crippen LogP contribution in [0.1, 0.15) is 23.9 Å². The number of rotatable bonds is 8. The van der Waals surface area contributed by atoms with Crippen LogP contribution in [-0.2, 0) is 26.1 Å². The molecule has 0 fully saturated rings. The highest BCUT2D eigenvalue weighted by atomic mass is 127. The summed E-state index contributed by atoms with van der Waals surface area (Å²) in [5.41, 5.74) is 2.31. The fraction of sp³-hybridized carbons (Fsp3) is 0.375. The molecule has 8 nitrogen and oxygen atoms in total. The zero-order valence-corrected chi connectivity index (χ0v) is 21.4. The Hall–Kier alpha value is -2.82. The monoisotopic (exact) mass is 562 g/mol. The molecular weight excluding hydrogens is 531 g/mol. The van der Waals surface area contributed by atoms with Crippen molar-refractivity contribution in [3.05, 3.63) is 71.8 Å². The summed E-state index contributed by atoms with van der Waals surface area (Å²) in [7, 11) is 2.05. The highest BCUT2D eigenvalue weighted by Crippen LogP contribution is 2.31. The van der Waals surface area contributed by atoms with Crippen molar-refractivity contribution in [2.45, 2.75) is 33.0 Å². The molecule has 0 unspecified atom stereocenters. The first kappa shape index (κ1) is 24.8. The number of ether oxygens (including phenoxy) is 2. The second kappa shape index (κ2) is 12.4. The van der Waals surface area contributed by atoms with Crippen LogP contribution in [0.2, 0.25) is 0 Å². The molecule has 0 bridgehead atoms. The lowest BCUT2D eigenvalue weighted by atomic mass is 10.2. The van der Waals surface area contributed by atoms with Gasteiger partial charge in [-0.05, 0) is 23.3 Å². The summed E-state index contributed by atoms with van der Waals surface area (Å²) in [5, 5.41) is 11.7. The molecule has 0 radical (unpaired) electrons. The maximum absolute atomic E-state index is 5.74. The number of hydrogen-bond acceptors (Lipinski definition) is 5. The highest BCUT2D eigenvalue weighted by molar-refractivity contribution is 14.0. The smallest absolute Gasteiger partial charge is 0.194 e. The molecule has 4 rings (SSSR count). The van der Waals surface area contributed by atoms with E-state index in [1.807, 2.05) is 37.4 Å². The van der Waals surface area contributed by atoms with E-state index < -0.39 is 0 Å². The van der Waals surface area contributed by atoms with Gasteiger partial charge in [-0.25, -0.2) is 4.99 Å². The first-order chi connectivity index (χ1) is 15.7. The molecule has 0 saturated heterocycles. The van der Waals surface area contributed by atoms with E-state index in [0.717, 1.165) is 48.4 Å². The second-order valence-electron chi connectivity index (χ2n) is 7.68. The molecule has 0 aliphatic carbocycles. The Bertz CT molecular complexity index is 1040. The molecule has 0 saturated carbocycles. The Labute approximate surface area is 212 Å². The van der Waals surface area contributed by atoms with Crippen LogP contribution < -0.4 is 14.8 Å². The maximum atomic E-state index is 5.74. The number of aryl methyl sites for hydroxylation is 1. The predicted molar refractivity (Wildman–Crippen MR) is 139 cm³/mol. The Kier molecular flexibility index (Phi) is 9.35. The van der Waals surface area contributed by atoms with Crippen molar-refractivity contribution in [2.24, 2.45) is 4.99 Å². The number of benzene rings is 2. The number of aliphatic imine (C=N–C) groups is 1. The van der Waals surface area contributed by atoms with Gasteiger partial charge >= 0.3 is 0 Å². The lowest BCUT2D eigenvalue weighted by Gasteiger charge is -2.24. The second-order valence-corrected chi connectivity index (χ2v) is 7.68. The van der Waals surface area contributed by atoms with Crippen LogP contribution in [0.25, 0.3) is 0 Å². The lowest BCUT2D eigenvalue weighted by molar-refractivity contribution is 0.171. The zero-order valence-electron chi connectivity index (χ0n) is 19.1. The van der Waals surface area contributed by atoms with E-state index in [9.17, 15) is 0 Å². The molecule has 9 heteroatoms. The van der Waals surface area contributed by atoms with E-state index in [4.69, 9.17) is 14.5 Å². The summed E-state index contributed by atoms with van der Waals surface area (Å²) in [4.78, 5) is 7.00. The van der Waals surface area contributed by atoms with Gasteiger partial charge in [-0.3, -0.25) is 0 Å². The number of nitrogens with zero attached hydrogens (tertiary/aromatic N) is 5. The average Bonchev–Trinajstić information content (AvgIpc) is 3.29. The largest absolute Gasteiger partial charge is 0.486 e. The van der Waals surface area contributed by atoms with E-state index in [1.54, 1.807) is 6.33 Å². The normalized spacial score (nSPS) is 12.7. The molecule has 0 atom stereocenters. The highest BCUT2D eigenvalue weighted by Gasteiger charge is 2.14. The van der Waals surface area contributed by atoms with Gasteiger partial charge in [-0.15, -0.1) is 34.2 Å². The summed E-state index contributed by atoms with van der Waals surface area (Å²) in [6, 6.07) is 16.4. The molecule has 1 aliphatic heterocycles. The van der Waals surface area contributed by atoms with Crippen molar-refractivity contribution in [1.29, 1.82) is 0 Å². The third-order valence-corrected chi connectivity index (χ3v) is 5.29. The van der Waals surface area contributed by atoms with Crippen molar-refractivity contribution in [3.8, 4) is 11.5 Å². The van der Waals surface area contributed by atoms with E-state index in [-0.39, 0.29) is 24.0 Å². The number of halogens is 1. The summed E-state index contributed by atoms with van der Waals surface area (Å²) < 4.78 is 13.4. The maximum Gasteiger partial charge on any atom is 0.194 e. The minimum atomic E-state index is 0. The number of fused-ring (bicyclic) bond motifs is 1. The van der Waals surface area contributed by atoms with Gasteiger partial charge in [-0.2, -0.15) is 0 Å². The molecule has 1 aromatic heterocycles. The molecular formula is C24H31IN6O2. The van der Waals surface area contributed by atoms with Gasteiger partial charge in [0.2, 0.25) is 0 Å². The molecule has 2 aromatic carbocycles. The van der Waals surface area contributed by atoms with Gasteiger partial charge in [0.05, 0.1) is 6.54 Å². The third-order valence-electron chi connectivity index (χ3n) is 5.29. The predicted octanol–water partition coefficient (Wildman–Crippen LogP) is 3.51. The molecule has 0 amide bonds. The Morgan fingerprint density at radius 2 is 1.88 bits per heavy atom. The van der Waals surface area contributed by atoms with E-state index in [0.29, 0.717) is 26.3 Å². The van der Waals surface area contributed by atoms with Crippen molar-refractivity contribution in [2.75, 3.05) is 26.8 Å². The number of nitrogens with one attached hydrogen (secondary N) is 1. The van der Waals surface area contributed by atoms with Crippen LogP contribution >= 0.6 is 24.0 Å². The van der Waals surface area contributed by atoms with Crippen molar-refractivity contribution < 1.29 is 9.47 Å². The summed E-state index contributed by atoms with van der Waals surface area (Å²) >= 11 is 0. The van der Waals surface area contributed by atoms with Crippen LogP contribution in [-0.4, -0.2) is 52.4 Å². The van der Waals surface area contributed by atoms with Crippen LogP contribution in [0.5, 0.6) is 11.5 Å². The summed E-state index contributed by atoms with van der Waals surface area (Å²) in [5.74, 6) is 3.44. The molecule has 1 aliphatic rings. The zero-order chi connectivity index (χ0) is 22.2.